The van der Waals surface area contributed by atoms with Gasteiger partial charge in [-0.1, -0.05) is 12.1 Å². The average Bonchev–Trinajstić information content (AvgIpc) is 2.68. The Balaban J connectivity index is 1.82. The molecule has 2 aromatic rings. The van der Waals surface area contributed by atoms with Crippen molar-refractivity contribution in [3.63, 3.8) is 0 Å². The van der Waals surface area contributed by atoms with Gasteiger partial charge in [0.05, 0.1) is 18.8 Å². The number of hydrogen-bond donors (Lipinski definition) is 1. The van der Waals surface area contributed by atoms with Crippen molar-refractivity contribution in [3.05, 3.63) is 53.6 Å². The van der Waals surface area contributed by atoms with Gasteiger partial charge in [0.2, 0.25) is 0 Å². The number of benzene rings is 2. The molecule has 0 aromatic heterocycles. The molecule has 0 fully saturated rings. The second-order valence-electron chi connectivity index (χ2n) is 6.06. The third-order valence-electron chi connectivity index (χ3n) is 3.87. The molecule has 0 bridgehead atoms. The summed E-state index contributed by atoms with van der Waals surface area (Å²) in [6.45, 7) is 4.79. The van der Waals surface area contributed by atoms with Gasteiger partial charge in [0, 0.05) is 6.54 Å². The summed E-state index contributed by atoms with van der Waals surface area (Å²) in [7, 11) is 0. The number of carbonyl (C=O) groups is 1. The van der Waals surface area contributed by atoms with Gasteiger partial charge >= 0.3 is 6.18 Å². The summed E-state index contributed by atoms with van der Waals surface area (Å²) >= 11 is 0. The predicted molar refractivity (Wildman–Crippen MR) is 102 cm³/mol. The normalized spacial score (nSPS) is 11.1. The third-order valence-corrected chi connectivity index (χ3v) is 3.87. The van der Waals surface area contributed by atoms with Crippen LogP contribution in [-0.2, 0) is 17.4 Å². The highest BCUT2D eigenvalue weighted by Gasteiger charge is 2.30. The molecule has 0 unspecified atom stereocenters. The SMILES string of the molecule is CCOc1ccc(CCNC(=O)COc2cccc(C(F)(F)F)c2)cc1OCC. The van der Waals surface area contributed by atoms with Crippen LogP contribution in [0.3, 0.4) is 0 Å². The van der Waals surface area contributed by atoms with Crippen LogP contribution >= 0.6 is 0 Å². The summed E-state index contributed by atoms with van der Waals surface area (Å²) in [4.78, 5) is 11.9. The van der Waals surface area contributed by atoms with Crippen LogP contribution < -0.4 is 19.5 Å². The monoisotopic (exact) mass is 411 g/mol. The van der Waals surface area contributed by atoms with Crippen LogP contribution in [0.25, 0.3) is 0 Å². The highest BCUT2D eigenvalue weighted by molar-refractivity contribution is 5.77. The Bertz CT molecular complexity index is 809. The third kappa shape index (κ3) is 7.21. The first-order valence-electron chi connectivity index (χ1n) is 9.28. The molecule has 29 heavy (non-hydrogen) atoms. The Morgan fingerprint density at radius 3 is 2.38 bits per heavy atom. The molecule has 0 aliphatic heterocycles. The first-order chi connectivity index (χ1) is 13.8. The zero-order valence-electron chi connectivity index (χ0n) is 16.3. The van der Waals surface area contributed by atoms with Crippen LogP contribution in [-0.4, -0.2) is 32.3 Å². The molecule has 158 valence electrons. The van der Waals surface area contributed by atoms with Crippen molar-refractivity contribution in [3.8, 4) is 17.2 Å². The van der Waals surface area contributed by atoms with E-state index in [0.29, 0.717) is 37.7 Å². The second-order valence-corrected chi connectivity index (χ2v) is 6.06. The number of carbonyl (C=O) groups excluding carboxylic acids is 1. The smallest absolute Gasteiger partial charge is 0.416 e. The number of rotatable bonds is 10. The molecule has 1 amide bonds. The maximum Gasteiger partial charge on any atom is 0.416 e. The quantitative estimate of drug-likeness (QED) is 0.635. The minimum absolute atomic E-state index is 0.0113. The van der Waals surface area contributed by atoms with E-state index < -0.39 is 17.6 Å². The van der Waals surface area contributed by atoms with Gasteiger partial charge in [-0.05, 0) is 56.2 Å². The van der Waals surface area contributed by atoms with E-state index in [1.807, 2.05) is 32.0 Å². The van der Waals surface area contributed by atoms with Gasteiger partial charge in [-0.15, -0.1) is 0 Å². The van der Waals surface area contributed by atoms with E-state index in [9.17, 15) is 18.0 Å². The lowest BCUT2D eigenvalue weighted by Crippen LogP contribution is -2.30. The van der Waals surface area contributed by atoms with E-state index in [2.05, 4.69) is 5.32 Å². The molecule has 2 aromatic carbocycles. The van der Waals surface area contributed by atoms with Crippen LogP contribution in [0.2, 0.25) is 0 Å². The van der Waals surface area contributed by atoms with Crippen molar-refractivity contribution in [1.29, 1.82) is 0 Å². The maximum absolute atomic E-state index is 12.7. The molecule has 8 heteroatoms. The summed E-state index contributed by atoms with van der Waals surface area (Å²) in [6, 6.07) is 9.99. The summed E-state index contributed by atoms with van der Waals surface area (Å²) in [6.07, 6.45) is -3.90. The Kier molecular flexibility index (Phi) is 8.18. The van der Waals surface area contributed by atoms with Crippen LogP contribution in [0.5, 0.6) is 17.2 Å². The molecule has 0 saturated carbocycles. The van der Waals surface area contributed by atoms with Crippen molar-refractivity contribution < 1.29 is 32.2 Å². The Morgan fingerprint density at radius 1 is 0.966 bits per heavy atom. The molecule has 1 N–H and O–H groups in total. The highest BCUT2D eigenvalue weighted by atomic mass is 19.4. The van der Waals surface area contributed by atoms with E-state index in [0.717, 1.165) is 17.7 Å². The van der Waals surface area contributed by atoms with Crippen LogP contribution in [0.1, 0.15) is 25.0 Å². The molecule has 0 spiro atoms. The van der Waals surface area contributed by atoms with Gasteiger partial charge in [-0.25, -0.2) is 0 Å². The zero-order valence-corrected chi connectivity index (χ0v) is 16.3. The Hall–Kier alpha value is -2.90. The molecule has 0 heterocycles. The zero-order chi connectivity index (χ0) is 21.3. The van der Waals surface area contributed by atoms with Gasteiger partial charge in [-0.3, -0.25) is 4.79 Å². The minimum Gasteiger partial charge on any atom is -0.490 e. The molecular formula is C21H24F3NO4. The Morgan fingerprint density at radius 2 is 1.69 bits per heavy atom. The summed E-state index contributed by atoms with van der Waals surface area (Å²) in [5, 5.41) is 2.68. The molecule has 0 saturated heterocycles. The van der Waals surface area contributed by atoms with Crippen LogP contribution in [0, 0.1) is 0 Å². The molecule has 0 aliphatic carbocycles. The standard InChI is InChI=1S/C21H24F3NO4/c1-3-27-18-9-8-15(12-19(18)28-4-2)10-11-25-20(26)14-29-17-7-5-6-16(13-17)21(22,23)24/h5-9,12-13H,3-4,10-11,14H2,1-2H3,(H,25,26). The number of amides is 1. The number of nitrogens with one attached hydrogen (secondary N) is 1. The molecule has 0 radical (unpaired) electrons. The summed E-state index contributed by atoms with van der Waals surface area (Å²) in [5.74, 6) is 0.879. The average molecular weight is 411 g/mol. The fourth-order valence-corrected chi connectivity index (χ4v) is 2.56. The van der Waals surface area contributed by atoms with Gasteiger partial charge in [-0.2, -0.15) is 13.2 Å². The fraction of sp³-hybridized carbons (Fsp3) is 0.381. The first-order valence-corrected chi connectivity index (χ1v) is 9.28. The second kappa shape index (κ2) is 10.6. The molecule has 2 rings (SSSR count). The Labute approximate surface area is 167 Å². The molecule has 0 atom stereocenters. The molecule has 5 nitrogen and oxygen atoms in total. The lowest BCUT2D eigenvalue weighted by Gasteiger charge is -2.13. The van der Waals surface area contributed by atoms with Crippen LogP contribution in [0.15, 0.2) is 42.5 Å². The van der Waals surface area contributed by atoms with Crippen molar-refractivity contribution >= 4 is 5.91 Å². The fourth-order valence-electron chi connectivity index (χ4n) is 2.56. The molecular weight excluding hydrogens is 387 g/mol. The van der Waals surface area contributed by atoms with Gasteiger partial charge in [0.1, 0.15) is 5.75 Å². The first kappa shape index (κ1) is 22.4. The summed E-state index contributed by atoms with van der Waals surface area (Å²) in [5.41, 5.74) is 0.131. The van der Waals surface area contributed by atoms with Gasteiger partial charge in [0.15, 0.2) is 18.1 Å². The maximum atomic E-state index is 12.7. The largest absolute Gasteiger partial charge is 0.490 e. The molecule has 0 aliphatic rings. The highest BCUT2D eigenvalue weighted by Crippen LogP contribution is 2.31. The van der Waals surface area contributed by atoms with Gasteiger partial charge in [0.25, 0.3) is 5.91 Å². The summed E-state index contributed by atoms with van der Waals surface area (Å²) < 4.78 is 54.3. The van der Waals surface area contributed by atoms with Crippen molar-refractivity contribution in [2.75, 3.05) is 26.4 Å². The van der Waals surface area contributed by atoms with Crippen molar-refractivity contribution in [1.82, 2.24) is 5.32 Å². The minimum atomic E-state index is -4.46. The van der Waals surface area contributed by atoms with E-state index in [1.165, 1.54) is 12.1 Å². The van der Waals surface area contributed by atoms with E-state index in [4.69, 9.17) is 14.2 Å². The van der Waals surface area contributed by atoms with Gasteiger partial charge < -0.3 is 19.5 Å². The number of ether oxygens (including phenoxy) is 3. The van der Waals surface area contributed by atoms with Crippen LogP contribution in [0.4, 0.5) is 13.2 Å². The lowest BCUT2D eigenvalue weighted by molar-refractivity contribution is -0.137. The van der Waals surface area contributed by atoms with E-state index >= 15 is 0 Å². The van der Waals surface area contributed by atoms with E-state index in [1.54, 1.807) is 0 Å². The number of halogens is 3. The number of hydrogen-bond acceptors (Lipinski definition) is 4. The van der Waals surface area contributed by atoms with Crippen molar-refractivity contribution in [2.45, 2.75) is 26.4 Å². The predicted octanol–water partition coefficient (Wildman–Crippen LogP) is 4.24. The van der Waals surface area contributed by atoms with Crippen molar-refractivity contribution in [2.24, 2.45) is 0 Å². The number of alkyl halides is 3. The topological polar surface area (TPSA) is 56.8 Å². The lowest BCUT2D eigenvalue weighted by atomic mass is 10.1. The van der Waals surface area contributed by atoms with E-state index in [-0.39, 0.29) is 12.4 Å².